The van der Waals surface area contributed by atoms with Gasteiger partial charge in [0.15, 0.2) is 0 Å². The lowest BCUT2D eigenvalue weighted by Gasteiger charge is -2.25. The van der Waals surface area contributed by atoms with Crippen molar-refractivity contribution in [1.82, 2.24) is 5.32 Å². The molecule has 0 fully saturated rings. The molecule has 158 valence electrons. The van der Waals surface area contributed by atoms with Gasteiger partial charge in [-0.25, -0.2) is 9.18 Å². The average molecular weight is 419 g/mol. The largest absolute Gasteiger partial charge is 0.481 e. The number of carbonyl (C=O) groups excluding carboxylic acids is 1. The van der Waals surface area contributed by atoms with Crippen LogP contribution < -0.4 is 5.32 Å². The van der Waals surface area contributed by atoms with Crippen molar-refractivity contribution in [3.8, 4) is 11.1 Å². The van der Waals surface area contributed by atoms with Crippen molar-refractivity contribution in [2.45, 2.75) is 18.3 Å². The van der Waals surface area contributed by atoms with Crippen LogP contribution in [-0.2, 0) is 14.9 Å². The molecule has 3 aromatic carbocycles. The average Bonchev–Trinajstić information content (AvgIpc) is 3.10. The van der Waals surface area contributed by atoms with E-state index in [1.54, 1.807) is 0 Å². The van der Waals surface area contributed by atoms with Gasteiger partial charge in [-0.15, -0.1) is 0 Å². The first-order chi connectivity index (χ1) is 14.9. The number of benzene rings is 3. The number of carboxylic acid groups (broad SMARTS) is 1. The predicted molar refractivity (Wildman–Crippen MR) is 114 cm³/mol. The van der Waals surface area contributed by atoms with Crippen LogP contribution in [0.3, 0.4) is 0 Å². The summed E-state index contributed by atoms with van der Waals surface area (Å²) in [6, 6.07) is 21.2. The molecule has 0 saturated carbocycles. The van der Waals surface area contributed by atoms with Gasteiger partial charge in [0.05, 0.1) is 0 Å². The fourth-order valence-corrected chi connectivity index (χ4v) is 4.02. The van der Waals surface area contributed by atoms with E-state index in [1.165, 1.54) is 31.2 Å². The Bertz CT molecular complexity index is 1080. The molecule has 5 nitrogen and oxygen atoms in total. The molecule has 0 aromatic heterocycles. The third-order valence-corrected chi connectivity index (χ3v) is 5.88. The van der Waals surface area contributed by atoms with Crippen molar-refractivity contribution in [3.05, 3.63) is 95.3 Å². The predicted octanol–water partition coefficient (Wildman–Crippen LogP) is 4.71. The molecular weight excluding hydrogens is 397 g/mol. The number of aliphatic carboxylic acids is 1. The van der Waals surface area contributed by atoms with Crippen LogP contribution in [-0.4, -0.2) is 30.3 Å². The molecule has 1 amide bonds. The number of hydrogen-bond donors (Lipinski definition) is 2. The Hall–Kier alpha value is -3.67. The van der Waals surface area contributed by atoms with Crippen molar-refractivity contribution < 1.29 is 23.8 Å². The molecule has 6 heteroatoms. The Morgan fingerprint density at radius 2 is 1.52 bits per heavy atom. The summed E-state index contributed by atoms with van der Waals surface area (Å²) in [5.74, 6) is -1.67. The maximum Gasteiger partial charge on any atom is 0.407 e. The maximum atomic E-state index is 13.2. The van der Waals surface area contributed by atoms with E-state index < -0.39 is 23.3 Å². The molecule has 1 aliphatic rings. The van der Waals surface area contributed by atoms with Gasteiger partial charge < -0.3 is 15.2 Å². The van der Waals surface area contributed by atoms with Gasteiger partial charge in [0, 0.05) is 12.5 Å². The van der Waals surface area contributed by atoms with Gasteiger partial charge in [0.2, 0.25) is 0 Å². The van der Waals surface area contributed by atoms with Crippen LogP contribution in [0.1, 0.15) is 29.5 Å². The Morgan fingerprint density at radius 1 is 0.968 bits per heavy atom. The number of carbonyl (C=O) groups is 2. The number of ether oxygens (including phenoxy) is 1. The molecule has 0 aliphatic heterocycles. The van der Waals surface area contributed by atoms with E-state index >= 15 is 0 Å². The van der Waals surface area contributed by atoms with E-state index in [0.717, 1.165) is 22.3 Å². The second-order valence-corrected chi connectivity index (χ2v) is 7.82. The number of carboxylic acids is 1. The summed E-state index contributed by atoms with van der Waals surface area (Å²) in [6.07, 6.45) is -0.698. The van der Waals surface area contributed by atoms with Gasteiger partial charge in [0.25, 0.3) is 0 Å². The molecule has 1 atom stereocenters. The minimum atomic E-state index is -1.42. The van der Waals surface area contributed by atoms with Gasteiger partial charge in [-0.2, -0.15) is 0 Å². The fourth-order valence-electron chi connectivity index (χ4n) is 4.02. The van der Waals surface area contributed by atoms with E-state index in [-0.39, 0.29) is 19.1 Å². The smallest absolute Gasteiger partial charge is 0.407 e. The topological polar surface area (TPSA) is 75.6 Å². The highest BCUT2D eigenvalue weighted by Crippen LogP contribution is 2.44. The summed E-state index contributed by atoms with van der Waals surface area (Å²) in [7, 11) is 0. The van der Waals surface area contributed by atoms with E-state index in [0.29, 0.717) is 5.56 Å². The van der Waals surface area contributed by atoms with Crippen LogP contribution in [0.4, 0.5) is 9.18 Å². The lowest BCUT2D eigenvalue weighted by atomic mass is 9.82. The highest BCUT2D eigenvalue weighted by Gasteiger charge is 2.36. The Balaban J connectivity index is 1.44. The second-order valence-electron chi connectivity index (χ2n) is 7.82. The lowest BCUT2D eigenvalue weighted by molar-refractivity contribution is -0.143. The molecule has 4 rings (SSSR count). The molecule has 0 heterocycles. The third-order valence-electron chi connectivity index (χ3n) is 5.88. The van der Waals surface area contributed by atoms with E-state index in [4.69, 9.17) is 4.74 Å². The maximum absolute atomic E-state index is 13.2. The van der Waals surface area contributed by atoms with E-state index in [2.05, 4.69) is 17.4 Å². The quantitative estimate of drug-likeness (QED) is 0.607. The summed E-state index contributed by atoms with van der Waals surface area (Å²) in [5, 5.41) is 12.3. The normalized spacial score (nSPS) is 14.3. The Kier molecular flexibility index (Phi) is 5.46. The number of nitrogens with one attached hydrogen (secondary N) is 1. The van der Waals surface area contributed by atoms with Crippen molar-refractivity contribution in [2.24, 2.45) is 0 Å². The number of halogens is 1. The number of alkyl carbamates (subject to hydrolysis) is 1. The summed E-state index contributed by atoms with van der Waals surface area (Å²) in [5.41, 5.74) is 3.42. The van der Waals surface area contributed by atoms with E-state index in [1.807, 2.05) is 36.4 Å². The molecule has 0 bridgehead atoms. The summed E-state index contributed by atoms with van der Waals surface area (Å²) < 4.78 is 18.7. The van der Waals surface area contributed by atoms with Gasteiger partial charge in [-0.1, -0.05) is 60.7 Å². The zero-order valence-corrected chi connectivity index (χ0v) is 17.0. The first kappa shape index (κ1) is 20.6. The zero-order valence-electron chi connectivity index (χ0n) is 17.0. The van der Waals surface area contributed by atoms with Crippen molar-refractivity contribution in [1.29, 1.82) is 0 Å². The van der Waals surface area contributed by atoms with Gasteiger partial charge in [-0.05, 0) is 46.9 Å². The van der Waals surface area contributed by atoms with Crippen LogP contribution in [0, 0.1) is 5.82 Å². The lowest BCUT2D eigenvalue weighted by Crippen LogP contribution is -2.44. The van der Waals surface area contributed by atoms with Crippen LogP contribution in [0.2, 0.25) is 0 Å². The Morgan fingerprint density at radius 3 is 2.06 bits per heavy atom. The third kappa shape index (κ3) is 3.89. The highest BCUT2D eigenvalue weighted by molar-refractivity contribution is 5.82. The summed E-state index contributed by atoms with van der Waals surface area (Å²) in [4.78, 5) is 24.3. The molecule has 1 aliphatic carbocycles. The minimum Gasteiger partial charge on any atom is -0.481 e. The summed E-state index contributed by atoms with van der Waals surface area (Å²) >= 11 is 0. The molecule has 31 heavy (non-hydrogen) atoms. The number of hydrogen-bond acceptors (Lipinski definition) is 3. The van der Waals surface area contributed by atoms with Crippen molar-refractivity contribution in [3.63, 3.8) is 0 Å². The molecule has 3 aromatic rings. The second kappa shape index (κ2) is 8.22. The number of fused-ring (bicyclic) bond motifs is 3. The molecular formula is C25H22FNO4. The molecule has 1 unspecified atom stereocenters. The van der Waals surface area contributed by atoms with Crippen molar-refractivity contribution >= 4 is 12.1 Å². The highest BCUT2D eigenvalue weighted by atomic mass is 19.1. The van der Waals surface area contributed by atoms with Gasteiger partial charge in [-0.3, -0.25) is 4.79 Å². The van der Waals surface area contributed by atoms with Crippen LogP contribution in [0.5, 0.6) is 0 Å². The SMILES string of the molecule is CC(CNC(=O)OCC1c2ccccc2-c2ccccc21)(C(=O)O)c1ccc(F)cc1. The Labute approximate surface area is 179 Å². The van der Waals surface area contributed by atoms with E-state index in [9.17, 15) is 19.1 Å². The summed E-state index contributed by atoms with van der Waals surface area (Å²) in [6.45, 7) is 1.43. The van der Waals surface area contributed by atoms with Gasteiger partial charge in [0.1, 0.15) is 17.8 Å². The molecule has 0 saturated heterocycles. The molecule has 2 N–H and O–H groups in total. The van der Waals surface area contributed by atoms with Crippen molar-refractivity contribution in [2.75, 3.05) is 13.2 Å². The van der Waals surface area contributed by atoms with Crippen LogP contribution in [0.15, 0.2) is 72.8 Å². The standard InChI is InChI=1S/C25H22FNO4/c1-25(23(28)29,16-10-12-17(26)13-11-16)15-27-24(30)31-14-22-20-8-4-2-6-18(20)19-7-3-5-9-21(19)22/h2-13,22H,14-15H2,1H3,(H,27,30)(H,28,29). The van der Waals surface area contributed by atoms with Gasteiger partial charge >= 0.3 is 12.1 Å². The first-order valence-corrected chi connectivity index (χ1v) is 9.98. The monoisotopic (exact) mass is 419 g/mol. The fraction of sp³-hybridized carbons (Fsp3) is 0.200. The van der Waals surface area contributed by atoms with Crippen LogP contribution >= 0.6 is 0 Å². The number of rotatable bonds is 6. The molecule has 0 radical (unpaired) electrons. The minimum absolute atomic E-state index is 0.0823. The first-order valence-electron chi connectivity index (χ1n) is 9.98. The van der Waals surface area contributed by atoms with Crippen LogP contribution in [0.25, 0.3) is 11.1 Å². The molecule has 0 spiro atoms. The number of amides is 1. The zero-order chi connectivity index (χ0) is 22.0.